The number of aromatic nitrogens is 2. The van der Waals surface area contributed by atoms with Gasteiger partial charge in [-0.05, 0) is 43.2 Å². The first-order valence-electron chi connectivity index (χ1n) is 10.3. The lowest BCUT2D eigenvalue weighted by Crippen LogP contribution is -2.34. The van der Waals surface area contributed by atoms with E-state index in [1.165, 1.54) is 0 Å². The molecule has 0 radical (unpaired) electrons. The van der Waals surface area contributed by atoms with Crippen molar-refractivity contribution in [2.75, 3.05) is 18.5 Å². The molecule has 6 N–H and O–H groups in total. The zero-order valence-electron chi connectivity index (χ0n) is 17.9. The van der Waals surface area contributed by atoms with Crippen LogP contribution in [-0.4, -0.2) is 48.7 Å². The average molecular weight is 482 g/mol. The van der Waals surface area contributed by atoms with E-state index in [-0.39, 0.29) is 14.6 Å². The van der Waals surface area contributed by atoms with Crippen LogP contribution in [0.3, 0.4) is 0 Å². The van der Waals surface area contributed by atoms with Crippen LogP contribution in [0.25, 0.3) is 0 Å². The number of hydrogen-bond acceptors (Lipinski definition) is 8. The van der Waals surface area contributed by atoms with E-state index in [9.17, 15) is 24.3 Å². The van der Waals surface area contributed by atoms with Crippen LogP contribution in [0, 0.1) is 0 Å². The summed E-state index contributed by atoms with van der Waals surface area (Å²) in [6, 6.07) is -0.834. The number of nitrogens with two attached hydrogens (primary N) is 1. The normalized spacial score (nSPS) is 18.7. The Morgan fingerprint density at radius 2 is 2.03 bits per heavy atom. The smallest absolute Gasteiger partial charge is 0.354 e. The number of hydrogen-bond donors (Lipinski definition) is 5. The molecule has 2 aromatic heterocycles. The van der Waals surface area contributed by atoms with E-state index in [1.54, 1.807) is 0 Å². The fraction of sp³-hybridized carbons (Fsp3) is 0.550. The number of anilines is 1. The summed E-state index contributed by atoms with van der Waals surface area (Å²) in [7, 11) is -3.66. The van der Waals surface area contributed by atoms with Crippen molar-refractivity contribution in [3.05, 3.63) is 33.7 Å². The van der Waals surface area contributed by atoms with Gasteiger partial charge in [0.25, 0.3) is 0 Å². The van der Waals surface area contributed by atoms with Gasteiger partial charge in [0, 0.05) is 11.1 Å². The fourth-order valence-electron chi connectivity index (χ4n) is 4.23. The summed E-state index contributed by atoms with van der Waals surface area (Å²) in [4.78, 5) is 21.5. The molecule has 0 spiro atoms. The third-order valence-electron chi connectivity index (χ3n) is 6.11. The Labute approximate surface area is 190 Å². The Kier molecular flexibility index (Phi) is 5.89. The van der Waals surface area contributed by atoms with Gasteiger partial charge >= 0.3 is 6.03 Å². The highest BCUT2D eigenvalue weighted by Gasteiger charge is 2.37. The molecule has 2 heterocycles. The predicted octanol–water partition coefficient (Wildman–Crippen LogP) is 1.36. The van der Waals surface area contributed by atoms with Crippen molar-refractivity contribution >= 4 is 33.0 Å². The number of nitrogens with zero attached hydrogens (tertiary/aromatic N) is 3. The van der Waals surface area contributed by atoms with Crippen LogP contribution in [0.1, 0.15) is 54.2 Å². The molecule has 0 saturated heterocycles. The van der Waals surface area contributed by atoms with Crippen LogP contribution >= 0.6 is 11.3 Å². The van der Waals surface area contributed by atoms with E-state index in [2.05, 4.69) is 28.5 Å². The van der Waals surface area contributed by atoms with Gasteiger partial charge in [0.05, 0.1) is 30.8 Å². The van der Waals surface area contributed by atoms with Gasteiger partial charge in [-0.1, -0.05) is 13.8 Å². The highest BCUT2D eigenvalue weighted by molar-refractivity contribution is 7.93. The maximum absolute atomic E-state index is 13.0. The van der Waals surface area contributed by atoms with Crippen LogP contribution in [0.4, 0.5) is 10.5 Å². The molecule has 1 atom stereocenters. The molecule has 0 saturated carbocycles. The molecule has 0 aliphatic heterocycles. The molecule has 4 rings (SSSR count). The minimum absolute atomic E-state index is 0.0469. The topological polar surface area (TPSA) is 171 Å². The number of nitrogens with one attached hydrogen (secondary N) is 1. The number of pyridine rings is 1. The van der Waals surface area contributed by atoms with Crippen LogP contribution in [0.5, 0.6) is 0 Å². The largest absolute Gasteiger partial charge is 0.393 e. The zero-order valence-corrected chi connectivity index (χ0v) is 19.6. The maximum Gasteiger partial charge on any atom is 0.354 e. The lowest BCUT2D eigenvalue weighted by molar-refractivity contribution is -0.0599. The number of carbonyl (C=O) groups is 1. The molecule has 2 aromatic rings. The van der Waals surface area contributed by atoms with Crippen LogP contribution in [0.2, 0.25) is 0 Å². The Morgan fingerprint density at radius 3 is 2.72 bits per heavy atom. The summed E-state index contributed by atoms with van der Waals surface area (Å²) < 4.78 is 16.6. The lowest BCUT2D eigenvalue weighted by Gasteiger charge is -2.20. The van der Waals surface area contributed by atoms with E-state index in [1.807, 2.05) is 0 Å². The molecule has 2 aliphatic carbocycles. The second-order valence-electron chi connectivity index (χ2n) is 8.90. The quantitative estimate of drug-likeness (QED) is 0.429. The highest BCUT2D eigenvalue weighted by atomic mass is 32.2. The van der Waals surface area contributed by atoms with Gasteiger partial charge in [0.15, 0.2) is 15.5 Å². The molecule has 12 heteroatoms. The lowest BCUT2D eigenvalue weighted by atomic mass is 9.90. The van der Waals surface area contributed by atoms with Crippen molar-refractivity contribution in [2.24, 2.45) is 9.50 Å². The molecule has 10 nitrogen and oxygen atoms in total. The maximum atomic E-state index is 13.0. The number of aryl methyl sites for hydroxylation is 1. The van der Waals surface area contributed by atoms with Crippen molar-refractivity contribution in [3.63, 3.8) is 0 Å². The van der Waals surface area contributed by atoms with Gasteiger partial charge < -0.3 is 20.6 Å². The summed E-state index contributed by atoms with van der Waals surface area (Å²) in [5, 5.41) is 37.4. The molecule has 174 valence electrons. The van der Waals surface area contributed by atoms with Crippen molar-refractivity contribution in [3.8, 4) is 0 Å². The van der Waals surface area contributed by atoms with E-state index in [0.717, 1.165) is 72.2 Å². The van der Waals surface area contributed by atoms with E-state index < -0.39 is 34.8 Å². The van der Waals surface area contributed by atoms with Crippen LogP contribution < -0.4 is 10.5 Å². The van der Waals surface area contributed by atoms with Crippen LogP contribution in [0.15, 0.2) is 14.8 Å². The number of rotatable bonds is 5. The minimum Gasteiger partial charge on any atom is -0.393 e. The molecular formula is C20H27N5O5S2. The van der Waals surface area contributed by atoms with Crippen molar-refractivity contribution in [2.45, 2.75) is 61.2 Å². The zero-order chi connectivity index (χ0) is 23.3. The second-order valence-corrected chi connectivity index (χ2v) is 11.9. The molecule has 2 aliphatic rings. The van der Waals surface area contributed by atoms with E-state index in [4.69, 9.17) is 10.1 Å². The van der Waals surface area contributed by atoms with Gasteiger partial charge in [-0.2, -0.15) is 0 Å². The third kappa shape index (κ3) is 3.95. The van der Waals surface area contributed by atoms with Crippen molar-refractivity contribution < 1.29 is 24.3 Å². The number of fused-ring (bicyclic) bond motifs is 2. The Hall–Kier alpha value is -1.96. The van der Waals surface area contributed by atoms with Crippen molar-refractivity contribution in [1.29, 1.82) is 0 Å². The first-order valence-corrected chi connectivity index (χ1v) is 12.7. The summed E-state index contributed by atoms with van der Waals surface area (Å²) in [5.74, 6) is 0. The first-order chi connectivity index (χ1) is 15.0. The Morgan fingerprint density at radius 1 is 1.31 bits per heavy atom. The first kappa shape index (κ1) is 23.2. The molecule has 0 fully saturated rings. The SMILES string of the molecule is CC1(C)CCc2c1nc1c(c2NC(=O)N=S(N)(=O)c2cnc(C(O)(CO)CO)s2)CCC1. The molecule has 2 amide bonds. The summed E-state index contributed by atoms with van der Waals surface area (Å²) in [6.07, 6.45) is 5.46. The van der Waals surface area contributed by atoms with Gasteiger partial charge in [0.1, 0.15) is 9.22 Å². The average Bonchev–Trinajstić information content (AvgIpc) is 3.46. The second kappa shape index (κ2) is 8.12. The predicted molar refractivity (Wildman–Crippen MR) is 120 cm³/mol. The summed E-state index contributed by atoms with van der Waals surface area (Å²) in [6.45, 7) is 2.71. The number of aliphatic hydroxyl groups excluding tert-OH is 2. The monoisotopic (exact) mass is 481 g/mol. The molecule has 32 heavy (non-hydrogen) atoms. The summed E-state index contributed by atoms with van der Waals surface area (Å²) >= 11 is 0.719. The standard InChI is InChI=1S/C20H27N5O5S2/c1-19(2)7-6-12-15(11-4-3-5-13(11)23-16(12)19)24-18(28)25-32(21,30)14-8-22-17(31-14)20(29,9-26)10-27/h8,26-27,29H,3-7,9-10H2,1-2H3,(H3,21,23,24,25,28,30). The molecular weight excluding hydrogens is 454 g/mol. The van der Waals surface area contributed by atoms with Gasteiger partial charge in [0.2, 0.25) is 0 Å². The molecule has 0 bridgehead atoms. The van der Waals surface area contributed by atoms with Crippen molar-refractivity contribution in [1.82, 2.24) is 9.97 Å². The molecule has 1 unspecified atom stereocenters. The Bertz CT molecular complexity index is 1200. The highest BCUT2D eigenvalue weighted by Crippen LogP contribution is 2.44. The van der Waals surface area contributed by atoms with Gasteiger partial charge in [-0.3, -0.25) is 4.98 Å². The van der Waals surface area contributed by atoms with Gasteiger partial charge in [-0.25, -0.2) is 19.1 Å². The van der Waals surface area contributed by atoms with Crippen LogP contribution in [-0.2, 0) is 40.2 Å². The summed E-state index contributed by atoms with van der Waals surface area (Å²) in [5.41, 5.74) is 2.61. The number of carbonyl (C=O) groups excluding carboxylic acids is 1. The van der Waals surface area contributed by atoms with E-state index in [0.29, 0.717) is 5.69 Å². The Balaban J connectivity index is 1.66. The van der Waals surface area contributed by atoms with Gasteiger partial charge in [-0.15, -0.1) is 15.7 Å². The molecule has 0 aromatic carbocycles. The third-order valence-corrected chi connectivity index (χ3v) is 9.18. The number of urea groups is 1. The fourth-order valence-corrected chi connectivity index (χ4v) is 6.36. The number of aliphatic hydroxyl groups is 3. The minimum atomic E-state index is -3.66. The van der Waals surface area contributed by atoms with E-state index >= 15 is 0 Å². The number of thiazole rings is 1. The number of amides is 2.